The summed E-state index contributed by atoms with van der Waals surface area (Å²) in [5.74, 6) is 2.73. The van der Waals surface area contributed by atoms with Crippen molar-refractivity contribution >= 4 is 11.6 Å². The topological polar surface area (TPSA) is 57.9 Å². The van der Waals surface area contributed by atoms with Gasteiger partial charge in [-0.25, -0.2) is 0 Å². The van der Waals surface area contributed by atoms with E-state index in [4.69, 9.17) is 6.42 Å². The van der Waals surface area contributed by atoms with Crippen molar-refractivity contribution < 1.29 is 4.79 Å². The molecule has 2 aliphatic rings. The Morgan fingerprint density at radius 3 is 3.05 bits per heavy atom. The predicted octanol–water partition coefficient (Wildman–Crippen LogP) is 2.71. The average molecular weight is 282 g/mol. The highest BCUT2D eigenvalue weighted by molar-refractivity contribution is 5.96. The quantitative estimate of drug-likeness (QED) is 0.780. The Hall–Kier alpha value is -2.22. The van der Waals surface area contributed by atoms with Crippen molar-refractivity contribution in [3.8, 4) is 12.3 Å². The second-order valence-corrected chi connectivity index (χ2v) is 5.71. The van der Waals surface area contributed by atoms with Crippen molar-refractivity contribution in [2.24, 2.45) is 10.2 Å². The Kier molecular flexibility index (Phi) is 3.46. The van der Waals surface area contributed by atoms with E-state index in [1.165, 1.54) is 0 Å². The largest absolute Gasteiger partial charge is 0.309 e. The smallest absolute Gasteiger partial charge is 0.227 e. The summed E-state index contributed by atoms with van der Waals surface area (Å²) in [7, 11) is 0. The molecule has 5 heteroatoms. The maximum atomic E-state index is 12.5. The lowest BCUT2D eigenvalue weighted by atomic mass is 10.0. The molecule has 0 spiro atoms. The zero-order valence-electron chi connectivity index (χ0n) is 12.1. The third-order valence-corrected chi connectivity index (χ3v) is 4.15. The van der Waals surface area contributed by atoms with Gasteiger partial charge in [-0.15, -0.1) is 12.3 Å². The number of carbonyl (C=O) groups excluding carboxylic acids is 1. The van der Waals surface area contributed by atoms with Crippen LogP contribution in [0.1, 0.15) is 38.2 Å². The van der Waals surface area contributed by atoms with Gasteiger partial charge in [0, 0.05) is 44.1 Å². The molecule has 1 atom stereocenters. The van der Waals surface area contributed by atoms with Crippen LogP contribution in [-0.2, 0) is 11.2 Å². The summed E-state index contributed by atoms with van der Waals surface area (Å²) in [6, 6.07) is 2.10. The second-order valence-electron chi connectivity index (χ2n) is 5.71. The van der Waals surface area contributed by atoms with Crippen molar-refractivity contribution in [2.45, 2.75) is 50.7 Å². The van der Waals surface area contributed by atoms with Crippen molar-refractivity contribution in [2.75, 3.05) is 4.90 Å². The van der Waals surface area contributed by atoms with Gasteiger partial charge in [0.05, 0.1) is 5.69 Å². The first-order valence-corrected chi connectivity index (χ1v) is 7.28. The van der Waals surface area contributed by atoms with E-state index in [1.807, 2.05) is 17.2 Å². The molecule has 3 rings (SSSR count). The van der Waals surface area contributed by atoms with Gasteiger partial charge in [0.25, 0.3) is 0 Å². The zero-order chi connectivity index (χ0) is 14.9. The fourth-order valence-electron chi connectivity index (χ4n) is 2.93. The highest BCUT2D eigenvalue weighted by Crippen LogP contribution is 2.39. The Labute approximate surface area is 124 Å². The van der Waals surface area contributed by atoms with E-state index in [0.717, 1.165) is 24.1 Å². The van der Waals surface area contributed by atoms with Crippen LogP contribution in [-0.4, -0.2) is 22.6 Å². The van der Waals surface area contributed by atoms with E-state index < -0.39 is 0 Å². The molecule has 108 valence electrons. The first kappa shape index (κ1) is 13.7. The van der Waals surface area contributed by atoms with Crippen molar-refractivity contribution in [1.82, 2.24) is 4.98 Å². The van der Waals surface area contributed by atoms with Gasteiger partial charge < -0.3 is 4.90 Å². The standard InChI is InChI=1S/C16H18N4O/c1-3-4-7-16(18-19-16)8-5-15(21)20-12(2)10-13-11-17-9-6-14(13)20/h1,6,9,11-12H,4-5,7-8,10H2,2H3/t12-/m0/s1. The molecular formula is C16H18N4O. The number of hydrogen-bond donors (Lipinski definition) is 0. The molecule has 1 aromatic rings. The van der Waals surface area contributed by atoms with Crippen molar-refractivity contribution in [1.29, 1.82) is 0 Å². The summed E-state index contributed by atoms with van der Waals surface area (Å²) >= 11 is 0. The lowest BCUT2D eigenvalue weighted by Crippen LogP contribution is -2.36. The summed E-state index contributed by atoms with van der Waals surface area (Å²) in [6.07, 6.45) is 12.2. The highest BCUT2D eigenvalue weighted by atomic mass is 16.2. The molecule has 0 unspecified atom stereocenters. The van der Waals surface area contributed by atoms with Gasteiger partial charge in [0.2, 0.25) is 5.91 Å². The number of rotatable bonds is 5. The number of pyridine rings is 1. The van der Waals surface area contributed by atoms with E-state index >= 15 is 0 Å². The molecule has 5 nitrogen and oxygen atoms in total. The van der Waals surface area contributed by atoms with Crippen molar-refractivity contribution in [3.63, 3.8) is 0 Å². The molecule has 1 amide bonds. The van der Waals surface area contributed by atoms with Gasteiger partial charge in [0.15, 0.2) is 5.66 Å². The van der Waals surface area contributed by atoms with Crippen LogP contribution >= 0.6 is 0 Å². The summed E-state index contributed by atoms with van der Waals surface area (Å²) < 4.78 is 0. The fraction of sp³-hybridized carbons (Fsp3) is 0.500. The Balaban J connectivity index is 1.63. The van der Waals surface area contributed by atoms with Crippen LogP contribution < -0.4 is 4.90 Å². The first-order chi connectivity index (χ1) is 10.2. The number of nitrogens with zero attached hydrogens (tertiary/aromatic N) is 4. The van der Waals surface area contributed by atoms with Gasteiger partial charge in [0.1, 0.15) is 0 Å². The molecule has 21 heavy (non-hydrogen) atoms. The Bertz CT molecular complexity index is 625. The number of amides is 1. The van der Waals surface area contributed by atoms with Gasteiger partial charge in [-0.2, -0.15) is 10.2 Å². The fourth-order valence-corrected chi connectivity index (χ4v) is 2.93. The van der Waals surface area contributed by atoms with Crippen LogP contribution in [0.4, 0.5) is 5.69 Å². The molecule has 0 aromatic carbocycles. The molecule has 0 aliphatic carbocycles. The molecule has 0 saturated heterocycles. The number of hydrogen-bond acceptors (Lipinski definition) is 4. The van der Waals surface area contributed by atoms with Crippen LogP contribution in [0.3, 0.4) is 0 Å². The minimum atomic E-state index is -0.383. The minimum absolute atomic E-state index is 0.129. The summed E-state index contributed by atoms with van der Waals surface area (Å²) in [5.41, 5.74) is 1.75. The second kappa shape index (κ2) is 5.28. The lowest BCUT2D eigenvalue weighted by Gasteiger charge is -2.23. The molecule has 2 aliphatic heterocycles. The summed E-state index contributed by atoms with van der Waals surface area (Å²) in [4.78, 5) is 18.6. The maximum Gasteiger partial charge on any atom is 0.227 e. The van der Waals surface area contributed by atoms with Crippen LogP contribution in [0.2, 0.25) is 0 Å². The van der Waals surface area contributed by atoms with E-state index in [-0.39, 0.29) is 17.6 Å². The van der Waals surface area contributed by atoms with E-state index in [1.54, 1.807) is 6.20 Å². The van der Waals surface area contributed by atoms with Crippen molar-refractivity contribution in [3.05, 3.63) is 24.0 Å². The van der Waals surface area contributed by atoms with Crippen LogP contribution in [0.5, 0.6) is 0 Å². The van der Waals surface area contributed by atoms with E-state index in [2.05, 4.69) is 28.1 Å². The summed E-state index contributed by atoms with van der Waals surface area (Å²) in [6.45, 7) is 2.07. The number of carbonyl (C=O) groups is 1. The molecule has 0 radical (unpaired) electrons. The van der Waals surface area contributed by atoms with E-state index in [9.17, 15) is 4.79 Å². The average Bonchev–Trinajstić information content (AvgIpc) is 3.18. The molecule has 0 N–H and O–H groups in total. The lowest BCUT2D eigenvalue weighted by molar-refractivity contribution is -0.119. The van der Waals surface area contributed by atoms with Gasteiger partial charge in [-0.05, 0) is 25.0 Å². The Morgan fingerprint density at radius 1 is 1.52 bits per heavy atom. The number of terminal acetylenes is 1. The zero-order valence-corrected chi connectivity index (χ0v) is 12.1. The maximum absolute atomic E-state index is 12.5. The third-order valence-electron chi connectivity index (χ3n) is 4.15. The first-order valence-electron chi connectivity index (χ1n) is 7.28. The molecule has 0 saturated carbocycles. The van der Waals surface area contributed by atoms with Crippen LogP contribution in [0, 0.1) is 12.3 Å². The van der Waals surface area contributed by atoms with Gasteiger partial charge in [-0.1, -0.05) is 0 Å². The monoisotopic (exact) mass is 282 g/mol. The van der Waals surface area contributed by atoms with Gasteiger partial charge in [-0.3, -0.25) is 9.78 Å². The molecular weight excluding hydrogens is 264 g/mol. The Morgan fingerprint density at radius 2 is 2.33 bits per heavy atom. The third kappa shape index (κ3) is 2.66. The van der Waals surface area contributed by atoms with Crippen LogP contribution in [0.25, 0.3) is 0 Å². The normalized spacial score (nSPS) is 21.0. The van der Waals surface area contributed by atoms with Gasteiger partial charge >= 0.3 is 0 Å². The molecule has 3 heterocycles. The summed E-state index contributed by atoms with van der Waals surface area (Å²) in [5, 5.41) is 8.16. The highest BCUT2D eigenvalue weighted by Gasteiger charge is 2.40. The number of anilines is 1. The number of aromatic nitrogens is 1. The van der Waals surface area contributed by atoms with E-state index in [0.29, 0.717) is 19.3 Å². The molecule has 0 bridgehead atoms. The van der Waals surface area contributed by atoms with Crippen LogP contribution in [0.15, 0.2) is 28.7 Å². The SMILES string of the molecule is C#CCCC1(CCC(=O)N2c3ccncc3C[C@@H]2C)N=N1. The minimum Gasteiger partial charge on any atom is -0.309 e. The predicted molar refractivity (Wildman–Crippen MR) is 79.8 cm³/mol. The number of fused-ring (bicyclic) bond motifs is 1. The molecule has 1 aromatic heterocycles. The molecule has 0 fully saturated rings.